The number of aliphatic carboxylic acids is 1. The van der Waals surface area contributed by atoms with Gasteiger partial charge in [-0.15, -0.1) is 0 Å². The predicted molar refractivity (Wildman–Crippen MR) is 109 cm³/mol. The van der Waals surface area contributed by atoms with Crippen molar-refractivity contribution in [3.63, 3.8) is 0 Å². The fraction of sp³-hybridized carbons (Fsp3) is 0.238. The first-order valence-electron chi connectivity index (χ1n) is 9.53. The molecule has 0 aliphatic heterocycles. The van der Waals surface area contributed by atoms with Crippen molar-refractivity contribution in [1.82, 2.24) is 24.9 Å². The van der Waals surface area contributed by atoms with Crippen LogP contribution in [0.15, 0.2) is 41.2 Å². The van der Waals surface area contributed by atoms with Crippen LogP contribution in [0.4, 0.5) is 0 Å². The summed E-state index contributed by atoms with van der Waals surface area (Å²) in [7, 11) is 0. The topological polar surface area (TPSA) is 140 Å². The molecule has 0 fully saturated rings. The van der Waals surface area contributed by atoms with Gasteiger partial charge < -0.3 is 14.4 Å². The number of benzene rings is 1. The molecule has 0 saturated carbocycles. The van der Waals surface area contributed by atoms with Gasteiger partial charge in [0, 0.05) is 17.1 Å². The van der Waals surface area contributed by atoms with E-state index in [0.29, 0.717) is 17.0 Å². The van der Waals surface area contributed by atoms with Gasteiger partial charge in [-0.2, -0.15) is 15.3 Å². The first-order valence-corrected chi connectivity index (χ1v) is 9.53. The molecule has 1 N–H and O–H groups in total. The van der Waals surface area contributed by atoms with Crippen LogP contribution in [0.3, 0.4) is 0 Å². The van der Waals surface area contributed by atoms with E-state index >= 15 is 0 Å². The highest BCUT2D eigenvalue weighted by Crippen LogP contribution is 2.27. The number of aryl methyl sites for hydroxylation is 1. The summed E-state index contributed by atoms with van der Waals surface area (Å²) in [6.45, 7) is 4.00. The Labute approximate surface area is 176 Å². The van der Waals surface area contributed by atoms with E-state index in [-0.39, 0.29) is 36.4 Å². The number of rotatable bonds is 7. The second kappa shape index (κ2) is 8.23. The van der Waals surface area contributed by atoms with Gasteiger partial charge in [0.05, 0.1) is 36.3 Å². The Kier molecular flexibility index (Phi) is 5.32. The van der Waals surface area contributed by atoms with Crippen LogP contribution in [0.5, 0.6) is 5.88 Å². The van der Waals surface area contributed by atoms with Crippen LogP contribution in [0.2, 0.25) is 0 Å². The highest BCUT2D eigenvalue weighted by molar-refractivity contribution is 5.83. The molecule has 0 bridgehead atoms. The molecule has 0 unspecified atom stereocenters. The molecule has 10 nitrogen and oxygen atoms in total. The third-order valence-corrected chi connectivity index (χ3v) is 4.43. The van der Waals surface area contributed by atoms with Crippen molar-refractivity contribution >= 4 is 16.9 Å². The zero-order valence-electron chi connectivity index (χ0n) is 16.8. The van der Waals surface area contributed by atoms with Crippen molar-refractivity contribution in [2.45, 2.75) is 32.9 Å². The summed E-state index contributed by atoms with van der Waals surface area (Å²) in [6, 6.07) is 9.16. The Morgan fingerprint density at radius 2 is 2.13 bits per heavy atom. The Morgan fingerprint density at radius 1 is 1.29 bits per heavy atom. The van der Waals surface area contributed by atoms with Crippen LogP contribution < -0.4 is 4.74 Å². The second-order valence-electron chi connectivity index (χ2n) is 7.06. The fourth-order valence-corrected chi connectivity index (χ4v) is 3.03. The summed E-state index contributed by atoms with van der Waals surface area (Å²) in [5.41, 5.74) is 2.32. The summed E-state index contributed by atoms with van der Waals surface area (Å²) in [6.07, 6.45) is 3.07. The number of hydrogen-bond donors (Lipinski definition) is 1. The number of pyridine rings is 1. The number of aromatic nitrogens is 5. The zero-order valence-corrected chi connectivity index (χ0v) is 16.8. The smallest absolute Gasteiger partial charge is 0.305 e. The van der Waals surface area contributed by atoms with Crippen LogP contribution in [0.1, 0.15) is 25.8 Å². The molecule has 1 aromatic carbocycles. The van der Waals surface area contributed by atoms with Gasteiger partial charge in [0.15, 0.2) is 0 Å². The standard InChI is InChI=1S/C21H18N6O4/c1-12(2)30-20-14(9-22)8-16(10-23-20)21-25-19(26-31-21)13-3-4-17-15(7-13)11-24-27(17)6-5-18(28)29/h3-4,7-8,10-12H,5-6H2,1-2H3,(H,28,29). The maximum atomic E-state index is 10.8. The molecule has 0 spiro atoms. The number of hydrogen-bond acceptors (Lipinski definition) is 8. The average molecular weight is 418 g/mol. The molecule has 0 saturated heterocycles. The van der Waals surface area contributed by atoms with Crippen molar-refractivity contribution in [3.8, 4) is 34.8 Å². The maximum Gasteiger partial charge on any atom is 0.305 e. The Balaban J connectivity index is 1.61. The molecule has 0 atom stereocenters. The molecule has 0 aliphatic rings. The molecule has 0 radical (unpaired) electrons. The summed E-state index contributed by atoms with van der Waals surface area (Å²) in [5, 5.41) is 27.3. The van der Waals surface area contributed by atoms with E-state index in [2.05, 4.69) is 26.3 Å². The molecular weight excluding hydrogens is 400 g/mol. The van der Waals surface area contributed by atoms with E-state index in [1.165, 1.54) is 6.20 Å². The van der Waals surface area contributed by atoms with E-state index in [4.69, 9.17) is 14.4 Å². The Bertz CT molecular complexity index is 1300. The largest absolute Gasteiger partial charge is 0.481 e. The van der Waals surface area contributed by atoms with Crippen LogP contribution >= 0.6 is 0 Å². The number of fused-ring (bicyclic) bond motifs is 1. The average Bonchev–Trinajstić information content (AvgIpc) is 3.39. The molecular formula is C21H18N6O4. The minimum absolute atomic E-state index is 0.00749. The van der Waals surface area contributed by atoms with Crippen molar-refractivity contribution < 1.29 is 19.2 Å². The Morgan fingerprint density at radius 3 is 2.87 bits per heavy atom. The van der Waals surface area contributed by atoms with Crippen molar-refractivity contribution in [3.05, 3.63) is 42.2 Å². The van der Waals surface area contributed by atoms with E-state index < -0.39 is 5.97 Å². The fourth-order valence-electron chi connectivity index (χ4n) is 3.03. The molecule has 0 aliphatic carbocycles. The highest BCUT2D eigenvalue weighted by atomic mass is 16.5. The van der Waals surface area contributed by atoms with Gasteiger partial charge in [-0.25, -0.2) is 4.98 Å². The molecule has 10 heteroatoms. The normalized spacial score (nSPS) is 11.0. The van der Waals surface area contributed by atoms with E-state index in [1.807, 2.05) is 32.0 Å². The third kappa shape index (κ3) is 4.20. The summed E-state index contributed by atoms with van der Waals surface area (Å²) >= 11 is 0. The van der Waals surface area contributed by atoms with Crippen LogP contribution in [-0.4, -0.2) is 42.1 Å². The molecule has 31 heavy (non-hydrogen) atoms. The highest BCUT2D eigenvalue weighted by Gasteiger charge is 2.16. The lowest BCUT2D eigenvalue weighted by Gasteiger charge is -2.09. The first kappa shape index (κ1) is 20.0. The number of nitrogens with zero attached hydrogens (tertiary/aromatic N) is 6. The van der Waals surface area contributed by atoms with Crippen LogP contribution in [-0.2, 0) is 11.3 Å². The van der Waals surface area contributed by atoms with Gasteiger partial charge in [0.2, 0.25) is 11.7 Å². The van der Waals surface area contributed by atoms with Crippen molar-refractivity contribution in [2.24, 2.45) is 0 Å². The number of carbonyl (C=O) groups is 1. The molecule has 4 rings (SSSR count). The SMILES string of the molecule is CC(C)Oc1ncc(-c2nc(-c3ccc4c(cnn4CCC(=O)O)c3)no2)cc1C#N. The second-order valence-corrected chi connectivity index (χ2v) is 7.06. The summed E-state index contributed by atoms with van der Waals surface area (Å²) in [5.74, 6) is -0.0210. The minimum Gasteiger partial charge on any atom is -0.481 e. The van der Waals surface area contributed by atoms with E-state index in [1.54, 1.807) is 16.9 Å². The van der Waals surface area contributed by atoms with Gasteiger partial charge in [-0.05, 0) is 38.1 Å². The van der Waals surface area contributed by atoms with Crippen molar-refractivity contribution in [2.75, 3.05) is 0 Å². The monoisotopic (exact) mass is 418 g/mol. The molecule has 156 valence electrons. The van der Waals surface area contributed by atoms with E-state index in [0.717, 1.165) is 10.9 Å². The lowest BCUT2D eigenvalue weighted by Crippen LogP contribution is -2.08. The number of ether oxygens (including phenoxy) is 1. The number of nitriles is 1. The quantitative estimate of drug-likeness (QED) is 0.478. The van der Waals surface area contributed by atoms with Gasteiger partial charge in [-0.3, -0.25) is 9.48 Å². The zero-order chi connectivity index (χ0) is 22.0. The van der Waals surface area contributed by atoms with Gasteiger partial charge >= 0.3 is 5.97 Å². The molecule has 4 aromatic rings. The first-order chi connectivity index (χ1) is 14.9. The molecule has 3 aromatic heterocycles. The Hall–Kier alpha value is -4.26. The van der Waals surface area contributed by atoms with Crippen LogP contribution in [0, 0.1) is 11.3 Å². The lowest BCUT2D eigenvalue weighted by atomic mass is 10.1. The lowest BCUT2D eigenvalue weighted by molar-refractivity contribution is -0.137. The van der Waals surface area contributed by atoms with Gasteiger partial charge in [0.25, 0.3) is 5.89 Å². The number of carboxylic acid groups (broad SMARTS) is 1. The summed E-state index contributed by atoms with van der Waals surface area (Å²) < 4.78 is 12.5. The van der Waals surface area contributed by atoms with Crippen molar-refractivity contribution in [1.29, 1.82) is 5.26 Å². The molecule has 0 amide bonds. The number of carboxylic acids is 1. The van der Waals surface area contributed by atoms with Crippen LogP contribution in [0.25, 0.3) is 33.7 Å². The predicted octanol–water partition coefficient (Wildman–Crippen LogP) is 3.28. The third-order valence-electron chi connectivity index (χ3n) is 4.43. The van der Waals surface area contributed by atoms with Gasteiger partial charge in [-0.1, -0.05) is 5.16 Å². The molecule has 3 heterocycles. The van der Waals surface area contributed by atoms with E-state index in [9.17, 15) is 10.1 Å². The summed E-state index contributed by atoms with van der Waals surface area (Å²) in [4.78, 5) is 19.4. The van der Waals surface area contributed by atoms with Gasteiger partial charge in [0.1, 0.15) is 11.6 Å². The minimum atomic E-state index is -0.877. The maximum absolute atomic E-state index is 10.8.